The lowest BCUT2D eigenvalue weighted by Crippen LogP contribution is -2.01. The lowest BCUT2D eigenvalue weighted by molar-refractivity contribution is -0.138. The van der Waals surface area contributed by atoms with E-state index >= 15 is 0 Å². The van der Waals surface area contributed by atoms with Crippen LogP contribution in [0, 0.1) is 0 Å². The monoisotopic (exact) mass is 270 g/mol. The van der Waals surface area contributed by atoms with E-state index in [1.807, 2.05) is 0 Å². The number of ether oxygens (including phenoxy) is 2. The van der Waals surface area contributed by atoms with Crippen molar-refractivity contribution < 1.29 is 24.2 Å². The number of hydrogen-bond acceptors (Lipinski definition) is 4. The third-order valence-electron chi connectivity index (χ3n) is 2.35. The van der Waals surface area contributed by atoms with Crippen LogP contribution in [0.25, 0.3) is 0 Å². The zero-order chi connectivity index (χ0) is 14.7. The molecule has 1 N–H and O–H groups in total. The van der Waals surface area contributed by atoms with E-state index in [9.17, 15) is 9.59 Å². The van der Waals surface area contributed by atoms with E-state index in [-0.39, 0.29) is 11.5 Å². The minimum atomic E-state index is -0.935. The first-order valence-corrected chi connectivity index (χ1v) is 6.27. The van der Waals surface area contributed by atoms with Gasteiger partial charge in [0.15, 0.2) is 0 Å². The summed E-state index contributed by atoms with van der Waals surface area (Å²) in [4.78, 5) is 20.2. The van der Waals surface area contributed by atoms with Crippen LogP contribution in [0.3, 0.4) is 0 Å². The van der Waals surface area contributed by atoms with E-state index in [1.54, 1.807) is 0 Å². The Bertz CT molecular complexity index is 306. The van der Waals surface area contributed by atoms with Gasteiger partial charge >= 0.3 is 11.9 Å². The number of rotatable bonds is 8. The van der Waals surface area contributed by atoms with E-state index in [4.69, 9.17) is 14.6 Å². The fourth-order valence-electron chi connectivity index (χ4n) is 1.12. The molecule has 1 fully saturated rings. The largest absolute Gasteiger partial charge is 0.478 e. The number of epoxide rings is 1. The second kappa shape index (κ2) is 10.3. The normalized spacial score (nSPS) is 15.7. The Balaban J connectivity index is 0.000000459. The molecule has 0 bridgehead atoms. The number of hydrogen-bond donors (Lipinski definition) is 1. The van der Waals surface area contributed by atoms with Crippen LogP contribution in [0.4, 0.5) is 0 Å². The predicted octanol–water partition coefficient (Wildman–Crippen LogP) is 2.32. The van der Waals surface area contributed by atoms with E-state index in [0.717, 1.165) is 32.3 Å². The molecule has 1 saturated heterocycles. The Labute approximate surface area is 113 Å². The number of carbonyl (C=O) groups is 2. The fourth-order valence-corrected chi connectivity index (χ4v) is 1.12. The van der Waals surface area contributed by atoms with Crippen LogP contribution >= 0.6 is 0 Å². The zero-order valence-electron chi connectivity index (χ0n) is 11.4. The fraction of sp³-hybridized carbons (Fsp3) is 0.571. The molecule has 0 amide bonds. The molecule has 0 aromatic carbocycles. The topological polar surface area (TPSA) is 76.1 Å². The number of carboxylic acids is 1. The first kappa shape index (κ1) is 17.4. The van der Waals surface area contributed by atoms with Crippen LogP contribution < -0.4 is 0 Å². The van der Waals surface area contributed by atoms with Gasteiger partial charge in [-0.05, 0) is 26.2 Å². The molecule has 1 aliphatic rings. The minimum Gasteiger partial charge on any atom is -0.478 e. The van der Waals surface area contributed by atoms with Gasteiger partial charge in [-0.3, -0.25) is 0 Å². The smallest absolute Gasteiger partial charge is 0.330 e. The van der Waals surface area contributed by atoms with Crippen LogP contribution in [0.2, 0.25) is 0 Å². The SMILES string of the molecule is C=C(C)C(=O)O.C=CC(=O)OCCCCCC1CO1. The standard InChI is InChI=1S/C10H16O3.C4H6O2/c1-2-10(11)12-7-5-3-4-6-9-8-13-9;1-3(2)4(5)6/h2,9H,1,3-8H2;1H2,2H3,(H,5,6). The van der Waals surface area contributed by atoms with Crippen LogP contribution in [-0.4, -0.2) is 36.4 Å². The first-order chi connectivity index (χ1) is 8.97. The van der Waals surface area contributed by atoms with Crippen molar-refractivity contribution in [3.63, 3.8) is 0 Å². The quantitative estimate of drug-likeness (QED) is 0.317. The molecule has 0 aliphatic carbocycles. The first-order valence-electron chi connectivity index (χ1n) is 6.27. The number of esters is 1. The zero-order valence-corrected chi connectivity index (χ0v) is 11.4. The summed E-state index contributed by atoms with van der Waals surface area (Å²) in [6.07, 6.45) is 6.07. The molecule has 5 nitrogen and oxygen atoms in total. The van der Waals surface area contributed by atoms with Crippen molar-refractivity contribution in [2.45, 2.75) is 38.7 Å². The molecule has 1 aliphatic heterocycles. The highest BCUT2D eigenvalue weighted by Gasteiger charge is 2.20. The van der Waals surface area contributed by atoms with Crippen LogP contribution in [0.1, 0.15) is 32.6 Å². The molecule has 1 heterocycles. The Hall–Kier alpha value is -1.62. The molecule has 0 aromatic heterocycles. The molecular weight excluding hydrogens is 248 g/mol. The molecule has 1 rings (SSSR count). The van der Waals surface area contributed by atoms with Crippen molar-refractivity contribution >= 4 is 11.9 Å². The van der Waals surface area contributed by atoms with Gasteiger partial charge in [0, 0.05) is 11.6 Å². The molecule has 108 valence electrons. The number of carboxylic acid groups (broad SMARTS) is 1. The third kappa shape index (κ3) is 12.6. The highest BCUT2D eigenvalue weighted by molar-refractivity contribution is 5.84. The molecule has 0 spiro atoms. The molecule has 1 unspecified atom stereocenters. The molecule has 5 heteroatoms. The van der Waals surface area contributed by atoms with E-state index < -0.39 is 5.97 Å². The highest BCUT2D eigenvalue weighted by Crippen LogP contribution is 2.16. The van der Waals surface area contributed by atoms with Crippen molar-refractivity contribution in [1.82, 2.24) is 0 Å². The molecule has 0 saturated carbocycles. The van der Waals surface area contributed by atoms with Gasteiger partial charge in [-0.1, -0.05) is 19.6 Å². The van der Waals surface area contributed by atoms with Gasteiger partial charge in [-0.15, -0.1) is 0 Å². The van der Waals surface area contributed by atoms with Crippen molar-refractivity contribution in [2.75, 3.05) is 13.2 Å². The van der Waals surface area contributed by atoms with Crippen LogP contribution in [0.15, 0.2) is 24.8 Å². The lowest BCUT2D eigenvalue weighted by Gasteiger charge is -2.00. The maximum absolute atomic E-state index is 10.6. The van der Waals surface area contributed by atoms with Crippen molar-refractivity contribution in [3.05, 3.63) is 24.8 Å². The van der Waals surface area contributed by atoms with Gasteiger partial charge in [0.25, 0.3) is 0 Å². The summed E-state index contributed by atoms with van der Waals surface area (Å²) in [5.41, 5.74) is 0.176. The predicted molar refractivity (Wildman–Crippen MR) is 71.8 cm³/mol. The second-order valence-corrected chi connectivity index (χ2v) is 4.26. The Morgan fingerprint density at radius 2 is 2.00 bits per heavy atom. The summed E-state index contributed by atoms with van der Waals surface area (Å²) in [6, 6.07) is 0. The van der Waals surface area contributed by atoms with Crippen LogP contribution in [0.5, 0.6) is 0 Å². The van der Waals surface area contributed by atoms with Gasteiger partial charge in [-0.25, -0.2) is 9.59 Å². The second-order valence-electron chi connectivity index (χ2n) is 4.26. The Morgan fingerprint density at radius 1 is 1.42 bits per heavy atom. The summed E-state index contributed by atoms with van der Waals surface area (Å²) < 4.78 is 9.90. The highest BCUT2D eigenvalue weighted by atomic mass is 16.6. The summed E-state index contributed by atoms with van der Waals surface area (Å²) in [7, 11) is 0. The molecule has 0 radical (unpaired) electrons. The Morgan fingerprint density at radius 3 is 2.42 bits per heavy atom. The van der Waals surface area contributed by atoms with Gasteiger partial charge in [0.05, 0.1) is 19.3 Å². The summed E-state index contributed by atoms with van der Waals surface area (Å²) in [5.74, 6) is -1.26. The van der Waals surface area contributed by atoms with Gasteiger partial charge < -0.3 is 14.6 Å². The summed E-state index contributed by atoms with van der Waals surface area (Å²) in [5, 5.41) is 7.89. The maximum atomic E-state index is 10.6. The minimum absolute atomic E-state index is 0.176. The molecule has 19 heavy (non-hydrogen) atoms. The summed E-state index contributed by atoms with van der Waals surface area (Å²) in [6.45, 7) is 9.36. The van der Waals surface area contributed by atoms with Gasteiger partial charge in [-0.2, -0.15) is 0 Å². The van der Waals surface area contributed by atoms with Crippen molar-refractivity contribution in [1.29, 1.82) is 0 Å². The number of aliphatic carboxylic acids is 1. The van der Waals surface area contributed by atoms with Crippen molar-refractivity contribution in [2.24, 2.45) is 0 Å². The van der Waals surface area contributed by atoms with Crippen molar-refractivity contribution in [3.8, 4) is 0 Å². The average Bonchev–Trinajstić information content (AvgIpc) is 3.17. The van der Waals surface area contributed by atoms with E-state index in [0.29, 0.717) is 12.7 Å². The van der Waals surface area contributed by atoms with Gasteiger partial charge in [0.2, 0.25) is 0 Å². The number of carbonyl (C=O) groups excluding carboxylic acids is 1. The molecular formula is C14H22O5. The van der Waals surface area contributed by atoms with Gasteiger partial charge in [0.1, 0.15) is 0 Å². The van der Waals surface area contributed by atoms with E-state index in [2.05, 4.69) is 13.2 Å². The maximum Gasteiger partial charge on any atom is 0.330 e. The lowest BCUT2D eigenvalue weighted by atomic mass is 10.2. The van der Waals surface area contributed by atoms with Crippen LogP contribution in [-0.2, 0) is 19.1 Å². The third-order valence-corrected chi connectivity index (χ3v) is 2.35. The molecule has 0 aromatic rings. The van der Waals surface area contributed by atoms with E-state index in [1.165, 1.54) is 13.0 Å². The summed E-state index contributed by atoms with van der Waals surface area (Å²) >= 11 is 0. The molecule has 1 atom stereocenters. The number of unbranched alkanes of at least 4 members (excludes halogenated alkanes) is 2. The Kier molecular flexibility index (Phi) is 9.44. The average molecular weight is 270 g/mol.